The number of benzene rings is 2. The molecule has 1 atom stereocenters. The zero-order chi connectivity index (χ0) is 14.0. The quantitative estimate of drug-likeness (QED) is 0.675. The molecule has 0 fully saturated rings. The minimum absolute atomic E-state index is 0.0219. The van der Waals surface area contributed by atoms with E-state index in [1.54, 1.807) is 0 Å². The van der Waals surface area contributed by atoms with Gasteiger partial charge in [0, 0.05) is 10.9 Å². The van der Waals surface area contributed by atoms with Gasteiger partial charge in [-0.15, -0.1) is 0 Å². The summed E-state index contributed by atoms with van der Waals surface area (Å²) < 4.78 is 26.6. The fraction of sp³-hybridized carbons (Fsp3) is 0.250. The van der Waals surface area contributed by atoms with Gasteiger partial charge in [-0.2, -0.15) is 0 Å². The third kappa shape index (κ3) is 3.21. The molecule has 0 aliphatic heterocycles. The smallest absolute Gasteiger partial charge is 0.129 e. The second-order valence-corrected chi connectivity index (χ2v) is 5.82. The predicted molar refractivity (Wildman–Crippen MR) is 77.6 cm³/mol. The molecule has 0 N–H and O–H groups in total. The SMILES string of the molecule is Cc1cccc(C)c1C(Br)Cc1ccc(F)cc1F. The third-order valence-corrected chi connectivity index (χ3v) is 4.05. The van der Waals surface area contributed by atoms with Crippen LogP contribution in [-0.2, 0) is 6.42 Å². The molecule has 0 nitrogen and oxygen atoms in total. The Balaban J connectivity index is 2.28. The van der Waals surface area contributed by atoms with E-state index in [0.717, 1.165) is 6.07 Å². The molecule has 100 valence electrons. The van der Waals surface area contributed by atoms with Crippen LogP contribution in [0.5, 0.6) is 0 Å². The largest absolute Gasteiger partial charge is 0.207 e. The number of halogens is 3. The summed E-state index contributed by atoms with van der Waals surface area (Å²) >= 11 is 3.62. The Hall–Kier alpha value is -1.22. The lowest BCUT2D eigenvalue weighted by molar-refractivity contribution is 0.571. The van der Waals surface area contributed by atoms with Crippen molar-refractivity contribution >= 4 is 15.9 Å². The first-order valence-electron chi connectivity index (χ1n) is 6.13. The molecule has 1 unspecified atom stereocenters. The van der Waals surface area contributed by atoms with Gasteiger partial charge in [0.1, 0.15) is 11.6 Å². The Labute approximate surface area is 120 Å². The molecule has 0 amide bonds. The van der Waals surface area contributed by atoms with E-state index in [0.29, 0.717) is 12.0 Å². The van der Waals surface area contributed by atoms with E-state index in [-0.39, 0.29) is 4.83 Å². The second-order valence-electron chi connectivity index (χ2n) is 4.71. The topological polar surface area (TPSA) is 0 Å². The van der Waals surface area contributed by atoms with E-state index in [9.17, 15) is 8.78 Å². The number of alkyl halides is 1. The monoisotopic (exact) mass is 324 g/mol. The van der Waals surface area contributed by atoms with E-state index in [1.807, 2.05) is 32.0 Å². The molecular weight excluding hydrogens is 310 g/mol. The molecule has 0 bridgehead atoms. The lowest BCUT2D eigenvalue weighted by atomic mass is 9.96. The summed E-state index contributed by atoms with van der Waals surface area (Å²) in [7, 11) is 0. The lowest BCUT2D eigenvalue weighted by Crippen LogP contribution is -2.02. The predicted octanol–water partition coefficient (Wildman–Crippen LogP) is 5.26. The van der Waals surface area contributed by atoms with Gasteiger partial charge in [0.15, 0.2) is 0 Å². The molecule has 0 aliphatic carbocycles. The van der Waals surface area contributed by atoms with Gasteiger partial charge in [-0.25, -0.2) is 8.78 Å². The maximum absolute atomic E-state index is 13.7. The van der Waals surface area contributed by atoms with Crippen LogP contribution in [-0.4, -0.2) is 0 Å². The van der Waals surface area contributed by atoms with Gasteiger partial charge in [-0.05, 0) is 48.6 Å². The second kappa shape index (κ2) is 5.83. The summed E-state index contributed by atoms with van der Waals surface area (Å²) in [6, 6.07) is 9.82. The highest BCUT2D eigenvalue weighted by atomic mass is 79.9. The summed E-state index contributed by atoms with van der Waals surface area (Å²) in [6.07, 6.45) is 0.498. The minimum atomic E-state index is -0.542. The van der Waals surface area contributed by atoms with Crippen molar-refractivity contribution in [2.75, 3.05) is 0 Å². The Morgan fingerprint density at radius 3 is 2.26 bits per heavy atom. The summed E-state index contributed by atoms with van der Waals surface area (Å²) in [6.45, 7) is 4.08. The minimum Gasteiger partial charge on any atom is -0.207 e. The molecule has 2 aromatic rings. The van der Waals surface area contributed by atoms with Crippen LogP contribution in [0.1, 0.15) is 27.1 Å². The Kier molecular flexibility index (Phi) is 4.35. The standard InChI is InChI=1S/C16H15BrF2/c1-10-4-3-5-11(2)16(10)14(17)8-12-6-7-13(18)9-15(12)19/h3-7,9,14H,8H2,1-2H3. The normalized spacial score (nSPS) is 12.5. The summed E-state index contributed by atoms with van der Waals surface area (Å²) in [5, 5.41) is 0. The maximum atomic E-state index is 13.7. The van der Waals surface area contributed by atoms with Crippen LogP contribution in [0.25, 0.3) is 0 Å². The van der Waals surface area contributed by atoms with Crippen LogP contribution in [0.3, 0.4) is 0 Å². The molecule has 0 saturated carbocycles. The number of aryl methyl sites for hydroxylation is 2. The van der Waals surface area contributed by atoms with Gasteiger partial charge in [-0.3, -0.25) is 0 Å². The molecule has 0 spiro atoms. The van der Waals surface area contributed by atoms with Gasteiger partial charge in [-0.1, -0.05) is 40.2 Å². The average molecular weight is 325 g/mol. The van der Waals surface area contributed by atoms with E-state index in [2.05, 4.69) is 15.9 Å². The van der Waals surface area contributed by atoms with Crippen LogP contribution in [0.4, 0.5) is 8.78 Å². The van der Waals surface area contributed by atoms with Crippen LogP contribution in [0, 0.1) is 25.5 Å². The first kappa shape index (κ1) is 14.2. The fourth-order valence-electron chi connectivity index (χ4n) is 2.30. The number of rotatable bonds is 3. The van der Waals surface area contributed by atoms with E-state index >= 15 is 0 Å². The van der Waals surface area contributed by atoms with Crippen molar-refractivity contribution in [2.45, 2.75) is 25.1 Å². The molecule has 0 heterocycles. The number of hydrogen-bond acceptors (Lipinski definition) is 0. The van der Waals surface area contributed by atoms with Crippen molar-refractivity contribution < 1.29 is 8.78 Å². The average Bonchev–Trinajstić information content (AvgIpc) is 2.32. The molecule has 2 rings (SSSR count). The zero-order valence-corrected chi connectivity index (χ0v) is 12.5. The lowest BCUT2D eigenvalue weighted by Gasteiger charge is -2.16. The summed E-state index contributed by atoms with van der Waals surface area (Å²) in [5.41, 5.74) is 4.03. The summed E-state index contributed by atoms with van der Waals surface area (Å²) in [4.78, 5) is 0.0219. The van der Waals surface area contributed by atoms with Crippen molar-refractivity contribution in [3.05, 3.63) is 70.3 Å². The van der Waals surface area contributed by atoms with E-state index in [1.165, 1.54) is 28.8 Å². The van der Waals surface area contributed by atoms with Gasteiger partial charge in [0.25, 0.3) is 0 Å². The van der Waals surface area contributed by atoms with Gasteiger partial charge in [0.05, 0.1) is 0 Å². The summed E-state index contributed by atoms with van der Waals surface area (Å²) in [5.74, 6) is -1.03. The Morgan fingerprint density at radius 1 is 1.05 bits per heavy atom. The maximum Gasteiger partial charge on any atom is 0.129 e. The Bertz CT molecular complexity index is 573. The first-order chi connectivity index (χ1) is 8.99. The van der Waals surface area contributed by atoms with Crippen molar-refractivity contribution in [1.29, 1.82) is 0 Å². The van der Waals surface area contributed by atoms with Crippen LogP contribution >= 0.6 is 15.9 Å². The molecular formula is C16H15BrF2. The highest BCUT2D eigenvalue weighted by Gasteiger charge is 2.15. The van der Waals surface area contributed by atoms with Crippen molar-refractivity contribution in [1.82, 2.24) is 0 Å². The van der Waals surface area contributed by atoms with Crippen LogP contribution in [0.15, 0.2) is 36.4 Å². The molecule has 0 saturated heterocycles. The molecule has 2 aromatic carbocycles. The van der Waals surface area contributed by atoms with Crippen molar-refractivity contribution in [3.63, 3.8) is 0 Å². The first-order valence-corrected chi connectivity index (χ1v) is 7.04. The molecule has 3 heteroatoms. The van der Waals surface area contributed by atoms with Crippen molar-refractivity contribution in [3.8, 4) is 0 Å². The van der Waals surface area contributed by atoms with Gasteiger partial charge < -0.3 is 0 Å². The Morgan fingerprint density at radius 2 is 1.68 bits per heavy atom. The van der Waals surface area contributed by atoms with Gasteiger partial charge in [0.2, 0.25) is 0 Å². The molecule has 19 heavy (non-hydrogen) atoms. The van der Waals surface area contributed by atoms with Crippen LogP contribution in [0.2, 0.25) is 0 Å². The molecule has 0 aromatic heterocycles. The van der Waals surface area contributed by atoms with Gasteiger partial charge >= 0.3 is 0 Å². The van der Waals surface area contributed by atoms with E-state index in [4.69, 9.17) is 0 Å². The third-order valence-electron chi connectivity index (χ3n) is 3.27. The van der Waals surface area contributed by atoms with Crippen molar-refractivity contribution in [2.24, 2.45) is 0 Å². The molecule has 0 radical (unpaired) electrons. The highest BCUT2D eigenvalue weighted by Crippen LogP contribution is 2.32. The number of hydrogen-bond donors (Lipinski definition) is 0. The zero-order valence-electron chi connectivity index (χ0n) is 10.9. The van der Waals surface area contributed by atoms with Crippen LogP contribution < -0.4 is 0 Å². The molecule has 0 aliphatic rings. The highest BCUT2D eigenvalue weighted by molar-refractivity contribution is 9.09. The fourth-order valence-corrected chi connectivity index (χ4v) is 3.37. The van der Waals surface area contributed by atoms with E-state index < -0.39 is 11.6 Å².